The summed E-state index contributed by atoms with van der Waals surface area (Å²) in [7, 11) is 0. The molecule has 0 saturated heterocycles. The van der Waals surface area contributed by atoms with Crippen molar-refractivity contribution in [1.29, 1.82) is 0 Å². The summed E-state index contributed by atoms with van der Waals surface area (Å²) in [5.41, 5.74) is 0.0927. The molecule has 98 valence electrons. The highest BCUT2D eigenvalue weighted by molar-refractivity contribution is 5.60. The molecule has 0 aliphatic heterocycles. The second-order valence-corrected chi connectivity index (χ2v) is 6.42. The fraction of sp³-hybridized carbons (Fsp3) is 0.938. The van der Waals surface area contributed by atoms with Gasteiger partial charge in [-0.15, -0.1) is 0 Å². The van der Waals surface area contributed by atoms with E-state index in [1.807, 2.05) is 0 Å². The van der Waals surface area contributed by atoms with Gasteiger partial charge in [-0.2, -0.15) is 0 Å². The number of carbonyl (C=O) groups is 1. The molecule has 0 unspecified atom stereocenters. The predicted octanol–water partition coefficient (Wildman–Crippen LogP) is 4.74. The Labute approximate surface area is 106 Å². The fourth-order valence-electron chi connectivity index (χ4n) is 4.27. The predicted molar refractivity (Wildman–Crippen MR) is 71.9 cm³/mol. The van der Waals surface area contributed by atoms with Gasteiger partial charge < -0.3 is 4.79 Å². The average molecular weight is 236 g/mol. The van der Waals surface area contributed by atoms with E-state index < -0.39 is 0 Å². The van der Waals surface area contributed by atoms with E-state index in [1.165, 1.54) is 76.9 Å². The summed E-state index contributed by atoms with van der Waals surface area (Å²) in [6.07, 6.45) is 15.8. The Morgan fingerprint density at radius 3 is 2.24 bits per heavy atom. The molecule has 0 amide bonds. The lowest BCUT2D eigenvalue weighted by atomic mass is 9.61. The third kappa shape index (κ3) is 2.92. The van der Waals surface area contributed by atoms with E-state index in [0.29, 0.717) is 5.92 Å². The summed E-state index contributed by atoms with van der Waals surface area (Å²) in [4.78, 5) is 11.6. The molecule has 2 rings (SSSR count). The van der Waals surface area contributed by atoms with E-state index in [-0.39, 0.29) is 5.41 Å². The van der Waals surface area contributed by atoms with Crippen molar-refractivity contribution in [3.63, 3.8) is 0 Å². The van der Waals surface area contributed by atoms with Gasteiger partial charge in [-0.1, -0.05) is 51.9 Å². The van der Waals surface area contributed by atoms with Gasteiger partial charge in [-0.05, 0) is 37.5 Å². The molecule has 0 N–H and O–H groups in total. The molecule has 17 heavy (non-hydrogen) atoms. The van der Waals surface area contributed by atoms with Crippen LogP contribution in [0.2, 0.25) is 0 Å². The van der Waals surface area contributed by atoms with Gasteiger partial charge in [0, 0.05) is 5.41 Å². The van der Waals surface area contributed by atoms with Gasteiger partial charge in [0.25, 0.3) is 0 Å². The van der Waals surface area contributed by atoms with Gasteiger partial charge in [-0.25, -0.2) is 0 Å². The molecule has 0 spiro atoms. The first kappa shape index (κ1) is 13.1. The minimum atomic E-state index is 0.0927. The monoisotopic (exact) mass is 236 g/mol. The van der Waals surface area contributed by atoms with Crippen LogP contribution in [0, 0.1) is 17.3 Å². The highest BCUT2D eigenvalue weighted by atomic mass is 16.1. The van der Waals surface area contributed by atoms with Gasteiger partial charge in [-0.3, -0.25) is 0 Å². The first-order valence-electron chi connectivity index (χ1n) is 7.77. The van der Waals surface area contributed by atoms with Crippen molar-refractivity contribution in [3.05, 3.63) is 0 Å². The maximum Gasteiger partial charge on any atom is 0.126 e. The first-order chi connectivity index (χ1) is 8.30. The quantitative estimate of drug-likeness (QED) is 0.644. The maximum absolute atomic E-state index is 11.6. The van der Waals surface area contributed by atoms with Gasteiger partial charge >= 0.3 is 0 Å². The molecule has 1 heteroatoms. The molecule has 0 heterocycles. The van der Waals surface area contributed by atoms with Crippen LogP contribution in [0.15, 0.2) is 0 Å². The van der Waals surface area contributed by atoms with E-state index in [0.717, 1.165) is 5.92 Å². The summed E-state index contributed by atoms with van der Waals surface area (Å²) >= 11 is 0. The summed E-state index contributed by atoms with van der Waals surface area (Å²) < 4.78 is 0. The number of carbonyl (C=O) groups excluding carboxylic acids is 1. The van der Waals surface area contributed by atoms with Crippen molar-refractivity contribution in [1.82, 2.24) is 0 Å². The smallest absolute Gasteiger partial charge is 0.126 e. The maximum atomic E-state index is 11.6. The number of hydrogen-bond acceptors (Lipinski definition) is 1. The molecular formula is C16H28O. The standard InChI is InChI=1S/C16H28O/c1-2-6-14-7-9-15(10-8-14)16(13-17)11-4-3-5-12-16/h13-15H,2-12H2,1H3. The number of aldehydes is 1. The zero-order chi connectivity index (χ0) is 12.1. The van der Waals surface area contributed by atoms with Crippen LogP contribution in [0.3, 0.4) is 0 Å². The zero-order valence-corrected chi connectivity index (χ0v) is 11.4. The lowest BCUT2D eigenvalue weighted by Crippen LogP contribution is -2.36. The van der Waals surface area contributed by atoms with E-state index in [2.05, 4.69) is 6.92 Å². The lowest BCUT2D eigenvalue weighted by Gasteiger charge is -2.42. The van der Waals surface area contributed by atoms with Crippen molar-refractivity contribution in [2.24, 2.45) is 17.3 Å². The summed E-state index contributed by atoms with van der Waals surface area (Å²) in [5.74, 6) is 1.68. The minimum Gasteiger partial charge on any atom is -0.303 e. The van der Waals surface area contributed by atoms with E-state index >= 15 is 0 Å². The Morgan fingerprint density at radius 2 is 1.71 bits per heavy atom. The molecule has 0 bridgehead atoms. The third-order valence-electron chi connectivity index (χ3n) is 5.38. The Hall–Kier alpha value is -0.330. The van der Waals surface area contributed by atoms with Crippen molar-refractivity contribution < 1.29 is 4.79 Å². The second-order valence-electron chi connectivity index (χ2n) is 6.42. The zero-order valence-electron chi connectivity index (χ0n) is 11.4. The normalized spacial score (nSPS) is 33.2. The molecule has 0 radical (unpaired) electrons. The van der Waals surface area contributed by atoms with E-state index in [9.17, 15) is 4.79 Å². The Bertz CT molecular complexity index is 232. The summed E-state index contributed by atoms with van der Waals surface area (Å²) in [6, 6.07) is 0. The first-order valence-corrected chi connectivity index (χ1v) is 7.77. The molecule has 2 fully saturated rings. The molecule has 2 saturated carbocycles. The summed E-state index contributed by atoms with van der Waals surface area (Å²) in [6.45, 7) is 2.29. The molecular weight excluding hydrogens is 208 g/mol. The molecule has 0 atom stereocenters. The number of hydrogen-bond donors (Lipinski definition) is 0. The largest absolute Gasteiger partial charge is 0.303 e. The van der Waals surface area contributed by atoms with Gasteiger partial charge in [0.05, 0.1) is 0 Å². The van der Waals surface area contributed by atoms with Crippen LogP contribution < -0.4 is 0 Å². The van der Waals surface area contributed by atoms with Crippen molar-refractivity contribution in [2.45, 2.75) is 77.6 Å². The van der Waals surface area contributed by atoms with Crippen LogP contribution in [0.1, 0.15) is 77.6 Å². The molecule has 0 aromatic rings. The van der Waals surface area contributed by atoms with E-state index in [1.54, 1.807) is 0 Å². The minimum absolute atomic E-state index is 0.0927. The van der Waals surface area contributed by atoms with Crippen LogP contribution in [-0.2, 0) is 4.79 Å². The van der Waals surface area contributed by atoms with Gasteiger partial charge in [0.1, 0.15) is 6.29 Å². The fourth-order valence-corrected chi connectivity index (χ4v) is 4.27. The highest BCUT2D eigenvalue weighted by Gasteiger charge is 2.40. The molecule has 0 aromatic heterocycles. The van der Waals surface area contributed by atoms with Crippen LogP contribution >= 0.6 is 0 Å². The van der Waals surface area contributed by atoms with Gasteiger partial charge in [0.2, 0.25) is 0 Å². The molecule has 2 aliphatic rings. The van der Waals surface area contributed by atoms with Crippen LogP contribution in [-0.4, -0.2) is 6.29 Å². The highest BCUT2D eigenvalue weighted by Crippen LogP contribution is 2.48. The molecule has 2 aliphatic carbocycles. The van der Waals surface area contributed by atoms with E-state index in [4.69, 9.17) is 0 Å². The number of rotatable bonds is 4. The topological polar surface area (TPSA) is 17.1 Å². The van der Waals surface area contributed by atoms with Crippen molar-refractivity contribution in [2.75, 3.05) is 0 Å². The van der Waals surface area contributed by atoms with Crippen LogP contribution in [0.4, 0.5) is 0 Å². The Kier molecular flexibility index (Phi) is 4.64. The lowest BCUT2D eigenvalue weighted by molar-refractivity contribution is -0.122. The van der Waals surface area contributed by atoms with Crippen molar-refractivity contribution in [3.8, 4) is 0 Å². The average Bonchev–Trinajstić information content (AvgIpc) is 2.41. The van der Waals surface area contributed by atoms with Gasteiger partial charge in [0.15, 0.2) is 0 Å². The summed E-state index contributed by atoms with van der Waals surface area (Å²) in [5, 5.41) is 0. The van der Waals surface area contributed by atoms with Crippen LogP contribution in [0.25, 0.3) is 0 Å². The van der Waals surface area contributed by atoms with Crippen LogP contribution in [0.5, 0.6) is 0 Å². The molecule has 1 nitrogen and oxygen atoms in total. The SMILES string of the molecule is CCCC1CCC(C2(C=O)CCCCC2)CC1. The van der Waals surface area contributed by atoms with Crippen molar-refractivity contribution >= 4 is 6.29 Å². The second kappa shape index (κ2) is 6.02. The Balaban J connectivity index is 1.91. The molecule has 0 aromatic carbocycles. The Morgan fingerprint density at radius 1 is 1.06 bits per heavy atom. The third-order valence-corrected chi connectivity index (χ3v) is 5.38.